The van der Waals surface area contributed by atoms with Crippen molar-refractivity contribution in [2.24, 2.45) is 12.8 Å². The molecule has 2 aromatic rings. The summed E-state index contributed by atoms with van der Waals surface area (Å²) in [5.74, 6) is 1.00. The summed E-state index contributed by atoms with van der Waals surface area (Å²) in [4.78, 5) is 4.40. The number of rotatable bonds is 2. The number of aryl methyl sites for hydroxylation is 1. The van der Waals surface area contributed by atoms with Gasteiger partial charge in [0.1, 0.15) is 0 Å². The Morgan fingerprint density at radius 2 is 2.00 bits per heavy atom. The van der Waals surface area contributed by atoms with Crippen LogP contribution in [0.1, 0.15) is 30.7 Å². The molecular weight excluding hydrogens is 419 g/mol. The maximum absolute atomic E-state index is 5.38. The van der Waals surface area contributed by atoms with Crippen LogP contribution in [0.25, 0.3) is 0 Å². The number of aromatic nitrogens is 3. The minimum atomic E-state index is 0.565. The fourth-order valence-electron chi connectivity index (χ4n) is 1.75. The van der Waals surface area contributed by atoms with Gasteiger partial charge in [-0.1, -0.05) is 6.42 Å². The largest absolute Gasteiger partial charge is 0.328 e. The van der Waals surface area contributed by atoms with Crippen molar-refractivity contribution in [3.63, 3.8) is 0 Å². The molecule has 19 heavy (non-hydrogen) atoms. The van der Waals surface area contributed by atoms with Crippen molar-refractivity contribution >= 4 is 0 Å². The smallest absolute Gasteiger partial charge is 0.00388 e. The topological polar surface area (TPSA) is 59.6 Å². The number of nitrogens with two attached hydrogens (primary N) is 1. The summed E-state index contributed by atoms with van der Waals surface area (Å²) in [6.07, 6.45) is 4.75. The summed E-state index contributed by atoms with van der Waals surface area (Å²) in [5, 5.41) is 3.19. The summed E-state index contributed by atoms with van der Waals surface area (Å²) >= 11 is 2.19. The molecule has 3 rings (SSSR count). The van der Waals surface area contributed by atoms with Crippen LogP contribution in [-0.4, -0.2) is 20.8 Å². The quantitative estimate of drug-likeness (QED) is 0.751. The van der Waals surface area contributed by atoms with Crippen LogP contribution in [0.2, 0.25) is 0 Å². The Balaban J connectivity index is 0.000000224. The van der Waals surface area contributed by atoms with Gasteiger partial charge in [-0.3, -0.25) is 0 Å². The summed E-state index contributed by atoms with van der Waals surface area (Å²) in [7, 11) is 1.96. The van der Waals surface area contributed by atoms with Crippen LogP contribution in [0.5, 0.6) is 0 Å². The van der Waals surface area contributed by atoms with Crippen LogP contribution in [0, 0.1) is 3.80 Å². The summed E-state index contributed by atoms with van der Waals surface area (Å²) in [5.41, 5.74) is 6.65. The average molecular weight is 439 g/mol. The number of H-pyrrole nitrogens is 1. The van der Waals surface area contributed by atoms with E-state index in [1.54, 1.807) is 0 Å². The van der Waals surface area contributed by atoms with Crippen LogP contribution in [0.3, 0.4) is 0 Å². The predicted molar refractivity (Wildman–Crippen MR) is 71.9 cm³/mol. The molecule has 1 aliphatic rings. The molecule has 0 amide bonds. The Morgan fingerprint density at radius 1 is 1.37 bits per heavy atom. The number of nitrogens with zero attached hydrogens (tertiary/aromatic N) is 2. The molecule has 1 saturated carbocycles. The van der Waals surface area contributed by atoms with Crippen molar-refractivity contribution in [2.75, 3.05) is 0 Å². The number of hydrogen-bond donors (Lipinski definition) is 2. The third kappa shape index (κ3) is 4.55. The van der Waals surface area contributed by atoms with Gasteiger partial charge in [0.05, 0.1) is 0 Å². The zero-order chi connectivity index (χ0) is 13.7. The van der Waals surface area contributed by atoms with E-state index in [1.807, 2.05) is 29.9 Å². The van der Waals surface area contributed by atoms with Crippen LogP contribution in [0.4, 0.5) is 0 Å². The predicted octanol–water partition coefficient (Wildman–Crippen LogP) is 1.92. The molecule has 0 saturated heterocycles. The molecule has 106 valence electrons. The Morgan fingerprint density at radius 3 is 2.42 bits per heavy atom. The van der Waals surface area contributed by atoms with E-state index in [4.69, 9.17) is 5.73 Å². The van der Waals surface area contributed by atoms with Gasteiger partial charge in [0.15, 0.2) is 0 Å². The SMILES string of the molecule is Cn1[nH]c(Cc2ccccc2)n[c]1=[Pt].NC1CCC1. The standard InChI is InChI=1S/C10H11N3.C4H9N.Pt/c1-13-8-11-10(12-13)7-9-5-3-2-4-6-9;5-4-2-1-3-4;/h2-6H,7H2,1H3,(H,11,12);4H,1-3,5H2;. The van der Waals surface area contributed by atoms with Gasteiger partial charge < -0.3 is 5.73 Å². The molecule has 1 heterocycles. The Bertz CT molecular complexity index is 554. The molecule has 0 atom stereocenters. The molecule has 4 nitrogen and oxygen atoms in total. The van der Waals surface area contributed by atoms with Gasteiger partial charge >= 0.3 is 93.1 Å². The van der Waals surface area contributed by atoms with Crippen molar-refractivity contribution < 1.29 is 19.4 Å². The normalized spacial score (nSPS) is 14.5. The first-order valence-electron chi connectivity index (χ1n) is 6.52. The summed E-state index contributed by atoms with van der Waals surface area (Å²) in [6, 6.07) is 10.9. The molecule has 1 aromatic carbocycles. The average Bonchev–Trinajstić information content (AvgIpc) is 2.68. The zero-order valence-electron chi connectivity index (χ0n) is 11.1. The maximum atomic E-state index is 5.38. The van der Waals surface area contributed by atoms with Gasteiger partial charge in [-0.25, -0.2) is 0 Å². The van der Waals surface area contributed by atoms with Gasteiger partial charge in [-0.05, 0) is 12.8 Å². The monoisotopic (exact) mass is 439 g/mol. The van der Waals surface area contributed by atoms with E-state index >= 15 is 0 Å². The molecule has 1 aromatic heterocycles. The minimum Gasteiger partial charge on any atom is -0.328 e. The van der Waals surface area contributed by atoms with Crippen molar-refractivity contribution in [3.8, 4) is 0 Å². The molecule has 1 fully saturated rings. The van der Waals surface area contributed by atoms with Crippen LogP contribution in [0.15, 0.2) is 30.3 Å². The summed E-state index contributed by atoms with van der Waals surface area (Å²) in [6.45, 7) is 0. The van der Waals surface area contributed by atoms with E-state index < -0.39 is 0 Å². The van der Waals surface area contributed by atoms with Gasteiger partial charge in [0, 0.05) is 6.04 Å². The van der Waals surface area contributed by atoms with Crippen LogP contribution in [-0.2, 0) is 32.8 Å². The fourth-order valence-corrected chi connectivity index (χ4v) is 2.18. The Kier molecular flexibility index (Phi) is 5.29. The molecule has 0 radical (unpaired) electrons. The number of nitrogens with one attached hydrogen (secondary N) is 1. The van der Waals surface area contributed by atoms with E-state index in [2.05, 4.69) is 41.6 Å². The molecular formula is C14H20N4Pt. The van der Waals surface area contributed by atoms with Gasteiger partial charge in [-0.2, -0.15) is 0 Å². The van der Waals surface area contributed by atoms with Crippen molar-refractivity contribution in [2.45, 2.75) is 31.7 Å². The number of aromatic amines is 1. The zero-order valence-corrected chi connectivity index (χ0v) is 13.4. The van der Waals surface area contributed by atoms with E-state index in [1.165, 1.54) is 24.8 Å². The first kappa shape index (κ1) is 14.4. The maximum Gasteiger partial charge on any atom is 0.00388 e. The second kappa shape index (κ2) is 6.97. The van der Waals surface area contributed by atoms with E-state index in [0.29, 0.717) is 6.04 Å². The minimum absolute atomic E-state index is 0.565. The van der Waals surface area contributed by atoms with Crippen molar-refractivity contribution in [1.82, 2.24) is 14.8 Å². The first-order chi connectivity index (χ1) is 9.15. The molecule has 0 bridgehead atoms. The van der Waals surface area contributed by atoms with E-state index in [-0.39, 0.29) is 0 Å². The molecule has 0 aliphatic heterocycles. The Hall–Kier alpha value is -0.992. The molecule has 3 N–H and O–H groups in total. The first-order valence-corrected chi connectivity index (χ1v) is 7.65. The van der Waals surface area contributed by atoms with Crippen molar-refractivity contribution in [1.29, 1.82) is 0 Å². The number of benzene rings is 1. The fraction of sp³-hybridized carbons (Fsp3) is 0.429. The van der Waals surface area contributed by atoms with Gasteiger partial charge in [0.2, 0.25) is 0 Å². The molecule has 5 heteroatoms. The van der Waals surface area contributed by atoms with Crippen molar-refractivity contribution in [3.05, 3.63) is 45.5 Å². The van der Waals surface area contributed by atoms with E-state index in [9.17, 15) is 0 Å². The molecule has 0 spiro atoms. The van der Waals surface area contributed by atoms with Crippen LogP contribution >= 0.6 is 0 Å². The molecule has 1 aliphatic carbocycles. The third-order valence-corrected chi connectivity index (χ3v) is 4.15. The molecule has 0 unspecified atom stereocenters. The second-order valence-corrected chi connectivity index (χ2v) is 5.84. The number of hydrogen-bond acceptors (Lipinski definition) is 2. The second-order valence-electron chi connectivity index (χ2n) is 4.82. The van der Waals surface area contributed by atoms with E-state index in [0.717, 1.165) is 16.0 Å². The third-order valence-electron chi connectivity index (χ3n) is 3.14. The summed E-state index contributed by atoms with van der Waals surface area (Å²) < 4.78 is 2.90. The van der Waals surface area contributed by atoms with Gasteiger partial charge in [-0.15, -0.1) is 0 Å². The van der Waals surface area contributed by atoms with Gasteiger partial charge in [0.25, 0.3) is 0 Å². The van der Waals surface area contributed by atoms with Crippen LogP contribution < -0.4 is 5.73 Å². The Labute approximate surface area is 124 Å².